The van der Waals surface area contributed by atoms with E-state index < -0.39 is 16.1 Å². The van der Waals surface area contributed by atoms with E-state index in [1.807, 2.05) is 37.3 Å². The van der Waals surface area contributed by atoms with Gasteiger partial charge in [-0.05, 0) is 24.6 Å². The normalized spacial score (nSPS) is 17.7. The van der Waals surface area contributed by atoms with Gasteiger partial charge in [-0.2, -0.15) is 0 Å². The first-order chi connectivity index (χ1) is 12.4. The first-order valence-electron chi connectivity index (χ1n) is 8.48. The minimum absolute atomic E-state index is 0.0746. The van der Waals surface area contributed by atoms with Crippen LogP contribution in [0.5, 0.6) is 0 Å². The number of sulfonamides is 1. The monoisotopic (exact) mass is 374 g/mol. The van der Waals surface area contributed by atoms with Crippen LogP contribution in [-0.4, -0.2) is 45.1 Å². The van der Waals surface area contributed by atoms with E-state index in [1.165, 1.54) is 17.0 Å². The molecule has 1 aliphatic rings. The SMILES string of the molecule is Cc1ccc(S(=O)(=O)NC(=O)N2CCOC(Cc3ccccc3)C2)cc1. The third kappa shape index (κ3) is 4.62. The van der Waals surface area contributed by atoms with E-state index in [1.54, 1.807) is 12.1 Å². The second-order valence-corrected chi connectivity index (χ2v) is 8.03. The molecular weight excluding hydrogens is 352 g/mol. The summed E-state index contributed by atoms with van der Waals surface area (Å²) in [5, 5.41) is 0. The van der Waals surface area contributed by atoms with Crippen molar-refractivity contribution in [3.8, 4) is 0 Å². The lowest BCUT2D eigenvalue weighted by Crippen LogP contribution is -2.51. The van der Waals surface area contributed by atoms with Crippen molar-refractivity contribution in [2.75, 3.05) is 19.7 Å². The van der Waals surface area contributed by atoms with E-state index in [0.717, 1.165) is 11.1 Å². The molecule has 2 aromatic carbocycles. The summed E-state index contributed by atoms with van der Waals surface area (Å²) < 4.78 is 32.6. The Hall–Kier alpha value is -2.38. The molecule has 2 amide bonds. The van der Waals surface area contributed by atoms with Gasteiger partial charge in [0.1, 0.15) is 0 Å². The van der Waals surface area contributed by atoms with Gasteiger partial charge in [0.15, 0.2) is 0 Å². The molecule has 0 saturated carbocycles. The van der Waals surface area contributed by atoms with E-state index >= 15 is 0 Å². The van der Waals surface area contributed by atoms with Crippen molar-refractivity contribution in [2.24, 2.45) is 0 Å². The molecule has 0 radical (unpaired) electrons. The number of rotatable bonds is 4. The predicted octanol–water partition coefficient (Wildman–Crippen LogP) is 2.34. The molecule has 0 bridgehead atoms. The summed E-state index contributed by atoms with van der Waals surface area (Å²) in [5.74, 6) is 0. The van der Waals surface area contributed by atoms with Crippen LogP contribution in [0.15, 0.2) is 59.5 Å². The molecule has 7 heteroatoms. The number of hydrogen-bond acceptors (Lipinski definition) is 4. The van der Waals surface area contributed by atoms with Crippen LogP contribution in [-0.2, 0) is 21.2 Å². The molecule has 1 aliphatic heterocycles. The lowest BCUT2D eigenvalue weighted by Gasteiger charge is -2.33. The summed E-state index contributed by atoms with van der Waals surface area (Å²) in [6.45, 7) is 2.97. The van der Waals surface area contributed by atoms with Gasteiger partial charge >= 0.3 is 6.03 Å². The Morgan fingerprint density at radius 3 is 2.54 bits per heavy atom. The maximum Gasteiger partial charge on any atom is 0.331 e. The van der Waals surface area contributed by atoms with Crippen LogP contribution in [0.2, 0.25) is 0 Å². The molecule has 138 valence electrons. The summed E-state index contributed by atoms with van der Waals surface area (Å²) in [6, 6.07) is 15.6. The molecular formula is C19H22N2O4S. The van der Waals surface area contributed by atoms with Gasteiger partial charge < -0.3 is 9.64 Å². The van der Waals surface area contributed by atoms with E-state index in [2.05, 4.69) is 4.72 Å². The largest absolute Gasteiger partial charge is 0.374 e. The number of carbonyl (C=O) groups is 1. The second kappa shape index (κ2) is 7.88. The molecule has 26 heavy (non-hydrogen) atoms. The molecule has 2 aromatic rings. The van der Waals surface area contributed by atoms with Crippen molar-refractivity contribution < 1.29 is 17.9 Å². The zero-order valence-corrected chi connectivity index (χ0v) is 15.4. The van der Waals surface area contributed by atoms with Crippen LogP contribution < -0.4 is 4.72 Å². The number of hydrogen-bond donors (Lipinski definition) is 1. The second-order valence-electron chi connectivity index (χ2n) is 6.35. The molecule has 0 aliphatic carbocycles. The Labute approximate surface area is 153 Å². The number of nitrogens with one attached hydrogen (secondary N) is 1. The van der Waals surface area contributed by atoms with Crippen LogP contribution in [0.3, 0.4) is 0 Å². The number of morpholine rings is 1. The van der Waals surface area contributed by atoms with E-state index in [-0.39, 0.29) is 11.0 Å². The Bertz CT molecular complexity index is 851. The molecule has 1 unspecified atom stereocenters. The van der Waals surface area contributed by atoms with Crippen molar-refractivity contribution in [1.29, 1.82) is 0 Å². The summed E-state index contributed by atoms with van der Waals surface area (Å²) in [5.41, 5.74) is 2.07. The van der Waals surface area contributed by atoms with Crippen LogP contribution in [0.1, 0.15) is 11.1 Å². The first-order valence-corrected chi connectivity index (χ1v) is 9.96. The number of carbonyl (C=O) groups excluding carboxylic acids is 1. The predicted molar refractivity (Wildman–Crippen MR) is 98.4 cm³/mol. The standard InChI is InChI=1S/C19H22N2O4S/c1-15-7-9-18(10-8-15)26(23,24)20-19(22)21-11-12-25-17(14-21)13-16-5-3-2-4-6-16/h2-10,17H,11-14H2,1H3,(H,20,22). The maximum atomic E-state index is 12.4. The minimum Gasteiger partial charge on any atom is -0.374 e. The van der Waals surface area contributed by atoms with Crippen molar-refractivity contribution >= 4 is 16.1 Å². The van der Waals surface area contributed by atoms with Gasteiger partial charge in [0.05, 0.1) is 17.6 Å². The first kappa shape index (κ1) is 18.4. The number of nitrogens with zero attached hydrogens (tertiary/aromatic N) is 1. The van der Waals surface area contributed by atoms with Crippen LogP contribution >= 0.6 is 0 Å². The van der Waals surface area contributed by atoms with Gasteiger partial charge in [-0.3, -0.25) is 0 Å². The average molecular weight is 374 g/mol. The highest BCUT2D eigenvalue weighted by Crippen LogP contribution is 2.14. The number of benzene rings is 2. The molecule has 1 fully saturated rings. The molecule has 1 N–H and O–H groups in total. The van der Waals surface area contributed by atoms with Crippen LogP contribution in [0, 0.1) is 6.92 Å². The fourth-order valence-corrected chi connectivity index (χ4v) is 3.83. The van der Waals surface area contributed by atoms with Crippen molar-refractivity contribution in [3.63, 3.8) is 0 Å². The Morgan fingerprint density at radius 1 is 1.15 bits per heavy atom. The van der Waals surface area contributed by atoms with Gasteiger partial charge in [0.2, 0.25) is 0 Å². The lowest BCUT2D eigenvalue weighted by atomic mass is 10.1. The Morgan fingerprint density at radius 2 is 1.85 bits per heavy atom. The third-order valence-corrected chi connectivity index (χ3v) is 5.62. The number of aryl methyl sites for hydroxylation is 1. The maximum absolute atomic E-state index is 12.4. The topological polar surface area (TPSA) is 75.7 Å². The molecule has 0 aromatic heterocycles. The van der Waals surface area contributed by atoms with Crippen LogP contribution in [0.4, 0.5) is 4.79 Å². The van der Waals surface area contributed by atoms with Gasteiger partial charge in [-0.1, -0.05) is 48.0 Å². The quantitative estimate of drug-likeness (QED) is 0.891. The molecule has 6 nitrogen and oxygen atoms in total. The molecule has 1 heterocycles. The Balaban J connectivity index is 1.63. The highest BCUT2D eigenvalue weighted by atomic mass is 32.2. The number of amides is 2. The van der Waals surface area contributed by atoms with Crippen molar-refractivity contribution in [3.05, 3.63) is 65.7 Å². The third-order valence-electron chi connectivity index (χ3n) is 4.29. The zero-order chi connectivity index (χ0) is 18.6. The van der Waals surface area contributed by atoms with Crippen molar-refractivity contribution in [2.45, 2.75) is 24.3 Å². The Kier molecular flexibility index (Phi) is 5.58. The van der Waals surface area contributed by atoms with E-state index in [9.17, 15) is 13.2 Å². The van der Waals surface area contributed by atoms with Crippen molar-refractivity contribution in [1.82, 2.24) is 9.62 Å². The fourth-order valence-electron chi connectivity index (χ4n) is 2.86. The van der Waals surface area contributed by atoms with Gasteiger partial charge in [0.25, 0.3) is 10.0 Å². The van der Waals surface area contributed by atoms with Crippen LogP contribution in [0.25, 0.3) is 0 Å². The van der Waals surface area contributed by atoms with E-state index in [4.69, 9.17) is 4.74 Å². The van der Waals surface area contributed by atoms with Gasteiger partial charge in [-0.15, -0.1) is 0 Å². The lowest BCUT2D eigenvalue weighted by molar-refractivity contribution is -0.0125. The highest BCUT2D eigenvalue weighted by molar-refractivity contribution is 7.90. The molecule has 3 rings (SSSR count). The highest BCUT2D eigenvalue weighted by Gasteiger charge is 2.27. The summed E-state index contributed by atoms with van der Waals surface area (Å²) in [4.78, 5) is 14.0. The average Bonchev–Trinajstić information content (AvgIpc) is 2.63. The summed E-state index contributed by atoms with van der Waals surface area (Å²) in [7, 11) is -3.88. The van der Waals surface area contributed by atoms with E-state index in [0.29, 0.717) is 26.1 Å². The smallest absolute Gasteiger partial charge is 0.331 e. The number of ether oxygens (including phenoxy) is 1. The molecule has 0 spiro atoms. The summed E-state index contributed by atoms with van der Waals surface area (Å²) in [6.07, 6.45) is 0.522. The van der Waals surface area contributed by atoms with Gasteiger partial charge in [-0.25, -0.2) is 17.9 Å². The fraction of sp³-hybridized carbons (Fsp3) is 0.316. The molecule has 1 atom stereocenters. The molecule has 1 saturated heterocycles. The number of urea groups is 1. The summed E-state index contributed by atoms with van der Waals surface area (Å²) >= 11 is 0. The van der Waals surface area contributed by atoms with Gasteiger partial charge in [0, 0.05) is 19.5 Å². The zero-order valence-electron chi connectivity index (χ0n) is 14.6. The minimum atomic E-state index is -3.88.